The number of hydrogen-bond acceptors (Lipinski definition) is 4. The van der Waals surface area contributed by atoms with Crippen molar-refractivity contribution in [3.8, 4) is 5.75 Å². The first-order valence-electron chi connectivity index (χ1n) is 9.43. The van der Waals surface area contributed by atoms with Crippen LogP contribution in [-0.4, -0.2) is 38.6 Å². The van der Waals surface area contributed by atoms with Crippen LogP contribution in [0, 0.1) is 13.8 Å². The number of fused-ring (bicyclic) bond motifs is 1. The van der Waals surface area contributed by atoms with E-state index >= 15 is 0 Å². The number of carbonyl (C=O) groups is 1. The molecule has 0 radical (unpaired) electrons. The van der Waals surface area contributed by atoms with Gasteiger partial charge < -0.3 is 19.4 Å². The fraction of sp³-hybridized carbons (Fsp3) is 0.348. The molecule has 0 aliphatic rings. The number of aryl methyl sites for hydroxylation is 2. The van der Waals surface area contributed by atoms with Crippen LogP contribution in [0.4, 0.5) is 0 Å². The molecular formula is C23H28N2O3. The highest BCUT2D eigenvalue weighted by Gasteiger charge is 2.17. The van der Waals surface area contributed by atoms with Crippen LogP contribution in [0.25, 0.3) is 11.0 Å². The van der Waals surface area contributed by atoms with E-state index in [4.69, 9.17) is 9.15 Å². The lowest BCUT2D eigenvalue weighted by Crippen LogP contribution is -2.35. The van der Waals surface area contributed by atoms with E-state index in [1.165, 1.54) is 11.1 Å². The van der Waals surface area contributed by atoms with E-state index in [0.29, 0.717) is 13.0 Å². The zero-order valence-electron chi connectivity index (χ0n) is 17.2. The number of hydrogen-bond donors (Lipinski definition) is 1. The number of nitrogens with zero attached hydrogens (tertiary/aromatic N) is 1. The van der Waals surface area contributed by atoms with Crippen molar-refractivity contribution in [3.63, 3.8) is 0 Å². The number of furan rings is 1. The van der Waals surface area contributed by atoms with Gasteiger partial charge in [0.25, 0.3) is 0 Å². The normalized spacial score (nSPS) is 12.4. The van der Waals surface area contributed by atoms with Crippen molar-refractivity contribution in [1.82, 2.24) is 10.2 Å². The zero-order valence-corrected chi connectivity index (χ0v) is 17.2. The molecule has 1 heterocycles. The molecule has 0 saturated heterocycles. The fourth-order valence-corrected chi connectivity index (χ4v) is 3.37. The number of methoxy groups -OCH3 is 1. The first-order chi connectivity index (χ1) is 13.4. The van der Waals surface area contributed by atoms with Crippen LogP contribution in [0.3, 0.4) is 0 Å². The Balaban J connectivity index is 1.69. The third kappa shape index (κ3) is 4.37. The molecule has 0 spiro atoms. The summed E-state index contributed by atoms with van der Waals surface area (Å²) in [5.74, 6) is 0.793. The number of likely N-dealkylation sites (N-methyl/N-ethyl adjacent to an activating group) is 1. The summed E-state index contributed by atoms with van der Waals surface area (Å²) in [5.41, 5.74) is 5.22. The summed E-state index contributed by atoms with van der Waals surface area (Å²) in [6.07, 6.45) is 1.99. The molecule has 0 aliphatic heterocycles. The summed E-state index contributed by atoms with van der Waals surface area (Å²) >= 11 is 0. The Bertz CT molecular complexity index is 975. The molecule has 0 saturated carbocycles. The maximum atomic E-state index is 12.6. The minimum Gasteiger partial charge on any atom is -0.497 e. The molecule has 2 aromatic carbocycles. The van der Waals surface area contributed by atoms with Gasteiger partial charge in [-0.15, -0.1) is 0 Å². The lowest BCUT2D eigenvalue weighted by Gasteiger charge is -2.25. The van der Waals surface area contributed by atoms with E-state index in [-0.39, 0.29) is 11.9 Å². The maximum absolute atomic E-state index is 12.6. The first kappa shape index (κ1) is 20.0. The molecule has 28 heavy (non-hydrogen) atoms. The van der Waals surface area contributed by atoms with Crippen molar-refractivity contribution in [2.45, 2.75) is 26.3 Å². The van der Waals surface area contributed by atoms with Gasteiger partial charge in [0.2, 0.25) is 5.91 Å². The molecular weight excluding hydrogens is 352 g/mol. The number of ether oxygens (including phenoxy) is 1. The summed E-state index contributed by atoms with van der Waals surface area (Å²) in [7, 11) is 5.67. The van der Waals surface area contributed by atoms with E-state index in [0.717, 1.165) is 27.8 Å². The second-order valence-electron chi connectivity index (χ2n) is 7.43. The summed E-state index contributed by atoms with van der Waals surface area (Å²) in [5, 5.41) is 4.08. The van der Waals surface area contributed by atoms with Crippen molar-refractivity contribution in [2.24, 2.45) is 0 Å². The molecule has 1 amide bonds. The SMILES string of the molecule is COc1cccc(C(CNC(=O)Cc2coc3cc(C)c(C)cc23)N(C)C)c1. The number of rotatable bonds is 7. The highest BCUT2D eigenvalue weighted by Crippen LogP contribution is 2.25. The Hall–Kier alpha value is -2.79. The minimum absolute atomic E-state index is 0.0179. The molecule has 1 atom stereocenters. The standard InChI is InChI=1S/C23H28N2O3/c1-15-9-20-18(14-28-22(20)10-16(15)2)12-23(26)24-13-21(25(3)4)17-7-6-8-19(11-17)27-5/h6-11,14,21H,12-13H2,1-5H3,(H,24,26). The molecule has 1 aromatic heterocycles. The Morgan fingerprint density at radius 2 is 1.93 bits per heavy atom. The van der Waals surface area contributed by atoms with Crippen LogP contribution in [0.5, 0.6) is 5.75 Å². The van der Waals surface area contributed by atoms with Crippen molar-refractivity contribution in [3.05, 3.63) is 64.9 Å². The van der Waals surface area contributed by atoms with Crippen LogP contribution in [0.15, 0.2) is 47.1 Å². The molecule has 1 unspecified atom stereocenters. The van der Waals surface area contributed by atoms with Gasteiger partial charge in [0, 0.05) is 17.5 Å². The Morgan fingerprint density at radius 3 is 2.64 bits per heavy atom. The topological polar surface area (TPSA) is 54.7 Å². The van der Waals surface area contributed by atoms with Crippen LogP contribution in [0.1, 0.15) is 28.3 Å². The van der Waals surface area contributed by atoms with E-state index in [2.05, 4.69) is 30.1 Å². The van der Waals surface area contributed by atoms with Gasteiger partial charge in [0.15, 0.2) is 0 Å². The Labute approximate surface area is 166 Å². The first-order valence-corrected chi connectivity index (χ1v) is 9.43. The second-order valence-corrected chi connectivity index (χ2v) is 7.43. The van der Waals surface area contributed by atoms with Crippen LogP contribution in [-0.2, 0) is 11.2 Å². The van der Waals surface area contributed by atoms with Gasteiger partial charge in [-0.3, -0.25) is 4.79 Å². The molecule has 0 bridgehead atoms. The smallest absolute Gasteiger partial charge is 0.224 e. The highest BCUT2D eigenvalue weighted by atomic mass is 16.5. The second kappa shape index (κ2) is 8.48. The van der Waals surface area contributed by atoms with Crippen molar-refractivity contribution >= 4 is 16.9 Å². The van der Waals surface area contributed by atoms with E-state index in [1.54, 1.807) is 13.4 Å². The molecule has 3 aromatic rings. The largest absolute Gasteiger partial charge is 0.497 e. The zero-order chi connectivity index (χ0) is 20.3. The predicted octanol–water partition coefficient (Wildman–Crippen LogP) is 4.02. The van der Waals surface area contributed by atoms with Crippen molar-refractivity contribution in [1.29, 1.82) is 0 Å². The molecule has 148 valence electrons. The minimum atomic E-state index is -0.0179. The lowest BCUT2D eigenvalue weighted by molar-refractivity contribution is -0.120. The third-order valence-electron chi connectivity index (χ3n) is 5.22. The average molecular weight is 380 g/mol. The van der Waals surface area contributed by atoms with Gasteiger partial charge in [0.05, 0.1) is 25.8 Å². The molecule has 5 heteroatoms. The molecule has 0 aliphatic carbocycles. The van der Waals surface area contributed by atoms with Crippen molar-refractivity contribution < 1.29 is 13.9 Å². The summed E-state index contributed by atoms with van der Waals surface area (Å²) in [4.78, 5) is 14.7. The number of benzene rings is 2. The lowest BCUT2D eigenvalue weighted by atomic mass is 10.0. The van der Waals surface area contributed by atoms with Crippen LogP contribution in [0.2, 0.25) is 0 Å². The number of nitrogens with one attached hydrogen (secondary N) is 1. The summed E-state index contributed by atoms with van der Waals surface area (Å²) in [6, 6.07) is 12.1. The van der Waals surface area contributed by atoms with Crippen LogP contribution < -0.4 is 10.1 Å². The predicted molar refractivity (Wildman–Crippen MR) is 112 cm³/mol. The maximum Gasteiger partial charge on any atom is 0.224 e. The average Bonchev–Trinajstić information content (AvgIpc) is 3.03. The molecule has 5 nitrogen and oxygen atoms in total. The van der Waals surface area contributed by atoms with E-state index in [9.17, 15) is 4.79 Å². The van der Waals surface area contributed by atoms with Gasteiger partial charge in [-0.05, 0) is 68.9 Å². The number of amides is 1. The third-order valence-corrected chi connectivity index (χ3v) is 5.22. The number of carbonyl (C=O) groups excluding carboxylic acids is 1. The van der Waals surface area contributed by atoms with E-state index in [1.807, 2.05) is 44.4 Å². The van der Waals surface area contributed by atoms with Crippen molar-refractivity contribution in [2.75, 3.05) is 27.7 Å². The highest BCUT2D eigenvalue weighted by molar-refractivity contribution is 5.88. The summed E-state index contributed by atoms with van der Waals surface area (Å²) < 4.78 is 11.0. The molecule has 1 N–H and O–H groups in total. The fourth-order valence-electron chi connectivity index (χ4n) is 3.37. The molecule has 3 rings (SSSR count). The summed E-state index contributed by atoms with van der Waals surface area (Å²) in [6.45, 7) is 4.65. The van der Waals surface area contributed by atoms with Crippen LogP contribution >= 0.6 is 0 Å². The van der Waals surface area contributed by atoms with Gasteiger partial charge in [-0.2, -0.15) is 0 Å². The molecule has 0 fully saturated rings. The Kier molecular flexibility index (Phi) is 6.05. The van der Waals surface area contributed by atoms with Gasteiger partial charge >= 0.3 is 0 Å². The van der Waals surface area contributed by atoms with Gasteiger partial charge in [-0.1, -0.05) is 12.1 Å². The van der Waals surface area contributed by atoms with Gasteiger partial charge in [-0.25, -0.2) is 0 Å². The van der Waals surface area contributed by atoms with Gasteiger partial charge in [0.1, 0.15) is 11.3 Å². The quantitative estimate of drug-likeness (QED) is 0.673. The Morgan fingerprint density at radius 1 is 1.18 bits per heavy atom. The van der Waals surface area contributed by atoms with E-state index < -0.39 is 0 Å². The monoisotopic (exact) mass is 380 g/mol.